The Bertz CT molecular complexity index is 599. The van der Waals surface area contributed by atoms with Crippen molar-refractivity contribution in [2.45, 2.75) is 43.0 Å². The summed E-state index contributed by atoms with van der Waals surface area (Å²) in [6.07, 6.45) is 1.00. The van der Waals surface area contributed by atoms with Crippen LogP contribution in [-0.4, -0.2) is 31.3 Å². The number of hydrogen-bond acceptors (Lipinski definition) is 4. The normalized spacial score (nSPS) is 15.7. The molecule has 0 aliphatic heterocycles. The molecule has 0 bridgehead atoms. The maximum atomic E-state index is 11.4. The Labute approximate surface area is 119 Å². The van der Waals surface area contributed by atoms with Gasteiger partial charge in [0.2, 0.25) is 0 Å². The molecule has 0 aliphatic rings. The molecule has 0 saturated carbocycles. The summed E-state index contributed by atoms with van der Waals surface area (Å²) < 4.78 is 22.9. The first-order valence-electron chi connectivity index (χ1n) is 6.19. The van der Waals surface area contributed by atoms with Crippen LogP contribution in [0.15, 0.2) is 29.2 Å². The molecule has 0 fully saturated rings. The van der Waals surface area contributed by atoms with Crippen molar-refractivity contribution in [1.29, 1.82) is 0 Å². The third-order valence-corrected chi connectivity index (χ3v) is 4.97. The molecule has 112 valence electrons. The molecule has 0 heterocycles. The highest BCUT2D eigenvalue weighted by atomic mass is 32.2. The van der Waals surface area contributed by atoms with Crippen LogP contribution in [0.5, 0.6) is 0 Å². The number of carboxylic acid groups (broad SMARTS) is 1. The van der Waals surface area contributed by atoms with Crippen molar-refractivity contribution in [1.82, 2.24) is 0 Å². The van der Waals surface area contributed by atoms with Crippen molar-refractivity contribution < 1.29 is 18.3 Å². The Kier molecular flexibility index (Phi) is 4.31. The maximum Gasteiger partial charge on any atom is 0.304 e. The largest absolute Gasteiger partial charge is 0.481 e. The Balaban J connectivity index is 3.33. The van der Waals surface area contributed by atoms with Gasteiger partial charge in [0.15, 0.2) is 9.84 Å². The minimum Gasteiger partial charge on any atom is -0.481 e. The van der Waals surface area contributed by atoms with E-state index in [9.17, 15) is 13.2 Å². The number of nitrogens with two attached hydrogens (primary N) is 1. The van der Waals surface area contributed by atoms with E-state index >= 15 is 0 Å². The van der Waals surface area contributed by atoms with Crippen LogP contribution in [0, 0.1) is 0 Å². The van der Waals surface area contributed by atoms with Crippen LogP contribution in [0.2, 0.25) is 0 Å². The molecule has 0 amide bonds. The lowest BCUT2D eigenvalue weighted by atomic mass is 9.66. The molecule has 20 heavy (non-hydrogen) atoms. The summed E-state index contributed by atoms with van der Waals surface area (Å²) in [5.41, 5.74) is 5.28. The monoisotopic (exact) mass is 299 g/mol. The lowest BCUT2D eigenvalue weighted by molar-refractivity contribution is -0.139. The zero-order valence-electron chi connectivity index (χ0n) is 12.2. The zero-order chi connectivity index (χ0) is 15.8. The van der Waals surface area contributed by atoms with Crippen LogP contribution in [0.1, 0.15) is 32.8 Å². The van der Waals surface area contributed by atoms with E-state index in [1.807, 2.05) is 0 Å². The van der Waals surface area contributed by atoms with Gasteiger partial charge in [-0.2, -0.15) is 0 Å². The first-order chi connectivity index (χ1) is 8.88. The summed E-state index contributed by atoms with van der Waals surface area (Å²) in [5.74, 6) is -0.946. The highest BCUT2D eigenvalue weighted by Crippen LogP contribution is 2.37. The average Bonchev–Trinajstić information content (AvgIpc) is 2.25. The smallest absolute Gasteiger partial charge is 0.304 e. The fourth-order valence-electron chi connectivity index (χ4n) is 2.07. The van der Waals surface area contributed by atoms with Crippen LogP contribution in [-0.2, 0) is 20.0 Å². The minimum atomic E-state index is -3.27. The molecule has 0 aromatic heterocycles. The van der Waals surface area contributed by atoms with Gasteiger partial charge in [-0.1, -0.05) is 19.1 Å². The van der Waals surface area contributed by atoms with E-state index in [0.29, 0.717) is 5.56 Å². The van der Waals surface area contributed by atoms with Gasteiger partial charge in [0, 0.05) is 17.2 Å². The lowest BCUT2D eigenvalue weighted by Gasteiger charge is -2.41. The Morgan fingerprint density at radius 2 is 1.65 bits per heavy atom. The van der Waals surface area contributed by atoms with Gasteiger partial charge >= 0.3 is 5.97 Å². The molecule has 0 radical (unpaired) electrons. The molecule has 5 nitrogen and oxygen atoms in total. The quantitative estimate of drug-likeness (QED) is 0.860. The number of benzene rings is 1. The fourth-order valence-corrected chi connectivity index (χ4v) is 2.70. The summed E-state index contributed by atoms with van der Waals surface area (Å²) in [4.78, 5) is 11.3. The first-order valence-corrected chi connectivity index (χ1v) is 8.08. The van der Waals surface area contributed by atoms with E-state index in [4.69, 9.17) is 10.8 Å². The number of sulfone groups is 1. The summed E-state index contributed by atoms with van der Waals surface area (Å²) in [7, 11) is -3.27. The molecule has 1 aromatic carbocycles. The number of carboxylic acids is 1. The van der Waals surface area contributed by atoms with Crippen molar-refractivity contribution in [3.05, 3.63) is 29.8 Å². The summed E-state index contributed by atoms with van der Waals surface area (Å²) in [6.45, 7) is 5.30. The number of rotatable bonds is 5. The molecular weight excluding hydrogens is 278 g/mol. The third kappa shape index (κ3) is 3.37. The Morgan fingerprint density at radius 1 is 1.20 bits per heavy atom. The van der Waals surface area contributed by atoms with E-state index in [2.05, 4.69) is 0 Å². The van der Waals surface area contributed by atoms with Crippen molar-refractivity contribution in [3.8, 4) is 0 Å². The second kappa shape index (κ2) is 5.18. The third-order valence-electron chi connectivity index (χ3n) is 3.85. The van der Waals surface area contributed by atoms with E-state index in [-0.39, 0.29) is 11.3 Å². The standard InChI is InChI=1S/C14H21NO4S/c1-13(2,15)14(3,9-12(16)17)10-5-7-11(8-6-10)20(4,18)19/h5-8H,9,15H2,1-4H3,(H,16,17). The molecule has 1 unspecified atom stereocenters. The van der Waals surface area contributed by atoms with Gasteiger partial charge in [0.1, 0.15) is 0 Å². The van der Waals surface area contributed by atoms with Crippen molar-refractivity contribution in [2.75, 3.05) is 6.26 Å². The van der Waals surface area contributed by atoms with Crippen LogP contribution in [0.4, 0.5) is 0 Å². The highest BCUT2D eigenvalue weighted by molar-refractivity contribution is 7.90. The van der Waals surface area contributed by atoms with Gasteiger partial charge in [-0.15, -0.1) is 0 Å². The molecule has 0 aliphatic carbocycles. The van der Waals surface area contributed by atoms with E-state index in [0.717, 1.165) is 6.26 Å². The van der Waals surface area contributed by atoms with Crippen LogP contribution >= 0.6 is 0 Å². The molecule has 6 heteroatoms. The number of hydrogen-bond donors (Lipinski definition) is 2. The van der Waals surface area contributed by atoms with Crippen molar-refractivity contribution in [3.63, 3.8) is 0 Å². The van der Waals surface area contributed by atoms with Crippen LogP contribution in [0.25, 0.3) is 0 Å². The van der Waals surface area contributed by atoms with Crippen molar-refractivity contribution in [2.24, 2.45) is 5.73 Å². The molecule has 1 aromatic rings. The summed E-state index contributed by atoms with van der Waals surface area (Å²) in [6, 6.07) is 6.23. The van der Waals surface area contributed by atoms with Crippen LogP contribution in [0.3, 0.4) is 0 Å². The Morgan fingerprint density at radius 3 is 1.95 bits per heavy atom. The van der Waals surface area contributed by atoms with Gasteiger partial charge in [-0.3, -0.25) is 4.79 Å². The maximum absolute atomic E-state index is 11.4. The predicted octanol–water partition coefficient (Wildman–Crippen LogP) is 1.56. The molecule has 0 saturated heterocycles. The zero-order valence-corrected chi connectivity index (χ0v) is 13.0. The van der Waals surface area contributed by atoms with Crippen molar-refractivity contribution >= 4 is 15.8 Å². The topological polar surface area (TPSA) is 97.5 Å². The molecule has 1 atom stereocenters. The highest BCUT2D eigenvalue weighted by Gasteiger charge is 2.41. The van der Waals surface area contributed by atoms with Gasteiger partial charge in [-0.05, 0) is 31.5 Å². The average molecular weight is 299 g/mol. The molecule has 0 spiro atoms. The van der Waals surface area contributed by atoms with E-state index in [1.54, 1.807) is 32.9 Å². The van der Waals surface area contributed by atoms with Gasteiger partial charge < -0.3 is 10.8 Å². The predicted molar refractivity (Wildman–Crippen MR) is 77.4 cm³/mol. The number of carbonyl (C=O) groups is 1. The second-order valence-corrected chi connectivity index (χ2v) is 7.94. The summed E-state index contributed by atoms with van der Waals surface area (Å²) >= 11 is 0. The lowest BCUT2D eigenvalue weighted by Crippen LogP contribution is -2.53. The molecular formula is C14H21NO4S. The van der Waals surface area contributed by atoms with E-state index in [1.165, 1.54) is 12.1 Å². The minimum absolute atomic E-state index is 0.130. The number of aliphatic carboxylic acids is 1. The second-order valence-electron chi connectivity index (χ2n) is 5.92. The van der Waals surface area contributed by atoms with Gasteiger partial charge in [0.25, 0.3) is 0 Å². The Hall–Kier alpha value is -1.40. The van der Waals surface area contributed by atoms with Gasteiger partial charge in [-0.25, -0.2) is 8.42 Å². The molecule has 3 N–H and O–H groups in total. The van der Waals surface area contributed by atoms with E-state index < -0.39 is 26.8 Å². The first kappa shape index (κ1) is 16.7. The fraction of sp³-hybridized carbons (Fsp3) is 0.500. The van der Waals surface area contributed by atoms with Gasteiger partial charge in [0.05, 0.1) is 11.3 Å². The SMILES string of the molecule is CC(C)(N)C(C)(CC(=O)O)c1ccc(S(C)(=O)=O)cc1. The molecule has 1 rings (SSSR count). The summed E-state index contributed by atoms with van der Waals surface area (Å²) in [5, 5.41) is 9.11. The van der Waals surface area contributed by atoms with Crippen LogP contribution < -0.4 is 5.73 Å².